The molecule has 0 bridgehead atoms. The minimum atomic E-state index is -0.0231. The highest BCUT2D eigenvalue weighted by molar-refractivity contribution is 14.1. The number of benzene rings is 2. The third kappa shape index (κ3) is 4.41. The maximum absolute atomic E-state index is 12.3. The Bertz CT molecular complexity index is 613. The number of carbonyl (C=O) groups is 1. The van der Waals surface area contributed by atoms with Gasteiger partial charge in [-0.1, -0.05) is 49.0 Å². The molecule has 0 fully saturated rings. The Morgan fingerprint density at radius 2 is 1.81 bits per heavy atom. The molecule has 0 saturated heterocycles. The Labute approximate surface area is 138 Å². The summed E-state index contributed by atoms with van der Waals surface area (Å²) in [7, 11) is 0. The average molecular weight is 392 g/mol. The molecule has 2 aromatic rings. The van der Waals surface area contributed by atoms with Gasteiger partial charge in [-0.2, -0.15) is 0 Å². The molecule has 0 radical (unpaired) electrons. The molecule has 0 atom stereocenters. The van der Waals surface area contributed by atoms with Crippen LogP contribution in [0.5, 0.6) is 0 Å². The fourth-order valence-electron chi connectivity index (χ4n) is 1.98. The second-order valence-electron chi connectivity index (χ2n) is 4.49. The van der Waals surface area contributed by atoms with E-state index in [4.69, 9.17) is 0 Å². The van der Waals surface area contributed by atoms with Crippen molar-refractivity contribution in [3.8, 4) is 0 Å². The summed E-state index contributed by atoms with van der Waals surface area (Å²) >= 11 is 2.22. The smallest absolute Gasteiger partial charge is 0.245 e. The summed E-state index contributed by atoms with van der Waals surface area (Å²) in [6, 6.07) is 17.8. The lowest BCUT2D eigenvalue weighted by Gasteiger charge is -2.19. The van der Waals surface area contributed by atoms with Gasteiger partial charge in [-0.3, -0.25) is 9.69 Å². The highest BCUT2D eigenvalue weighted by Crippen LogP contribution is 2.22. The predicted octanol–water partition coefficient (Wildman–Crippen LogP) is 3.56. The Balaban J connectivity index is 1.95. The van der Waals surface area contributed by atoms with Crippen LogP contribution in [0.15, 0.2) is 67.4 Å². The molecule has 0 aliphatic heterocycles. The Kier molecular flexibility index (Phi) is 5.95. The van der Waals surface area contributed by atoms with Crippen LogP contribution in [0.1, 0.15) is 5.56 Å². The van der Waals surface area contributed by atoms with E-state index in [2.05, 4.69) is 34.5 Å². The highest BCUT2D eigenvalue weighted by Gasteiger charge is 2.14. The predicted molar refractivity (Wildman–Crippen MR) is 95.0 cm³/mol. The van der Waals surface area contributed by atoms with E-state index >= 15 is 0 Å². The van der Waals surface area contributed by atoms with E-state index in [0.29, 0.717) is 6.54 Å². The molecular weight excluding hydrogens is 375 g/mol. The summed E-state index contributed by atoms with van der Waals surface area (Å²) in [6.07, 6.45) is 1.56. The van der Waals surface area contributed by atoms with Gasteiger partial charge in [-0.25, -0.2) is 0 Å². The number of rotatable bonds is 6. The summed E-state index contributed by atoms with van der Waals surface area (Å²) in [5.74, 6) is -0.0231. The molecular formula is C17H17IN2O. The van der Waals surface area contributed by atoms with Gasteiger partial charge < -0.3 is 5.32 Å². The van der Waals surface area contributed by atoms with E-state index in [1.165, 1.54) is 0 Å². The fourth-order valence-corrected chi connectivity index (χ4v) is 2.62. The number of amides is 1. The summed E-state index contributed by atoms with van der Waals surface area (Å²) in [5, 5.41) is 3.16. The van der Waals surface area contributed by atoms with Gasteiger partial charge in [0.05, 0.1) is 12.2 Å². The third-order valence-electron chi connectivity index (χ3n) is 3.01. The highest BCUT2D eigenvalue weighted by atomic mass is 127. The first-order chi connectivity index (χ1) is 10.2. The van der Waals surface area contributed by atoms with Crippen LogP contribution in [0.25, 0.3) is 0 Å². The van der Waals surface area contributed by atoms with Gasteiger partial charge in [0.2, 0.25) is 5.91 Å². The van der Waals surface area contributed by atoms with Crippen molar-refractivity contribution < 1.29 is 4.79 Å². The molecule has 0 aromatic heterocycles. The van der Waals surface area contributed by atoms with E-state index in [1.54, 1.807) is 11.1 Å². The molecule has 0 heterocycles. The molecule has 2 rings (SSSR count). The van der Waals surface area contributed by atoms with Crippen LogP contribution in [-0.2, 0) is 11.3 Å². The lowest BCUT2D eigenvalue weighted by Crippen LogP contribution is -2.34. The molecule has 3 nitrogen and oxygen atoms in total. The van der Waals surface area contributed by atoms with Crippen LogP contribution in [-0.4, -0.2) is 12.5 Å². The van der Waals surface area contributed by atoms with Crippen molar-refractivity contribution in [1.29, 1.82) is 0 Å². The van der Waals surface area contributed by atoms with Crippen molar-refractivity contribution in [3.63, 3.8) is 0 Å². The van der Waals surface area contributed by atoms with Crippen molar-refractivity contribution in [2.45, 2.75) is 6.54 Å². The SMILES string of the molecule is C=CN(C(=O)CNCc1ccccc1)c1ccccc1I. The number of nitrogens with one attached hydrogen (secondary N) is 1. The average Bonchev–Trinajstić information content (AvgIpc) is 2.51. The van der Waals surface area contributed by atoms with Crippen LogP contribution in [0.3, 0.4) is 0 Å². The zero-order valence-corrected chi connectivity index (χ0v) is 13.8. The summed E-state index contributed by atoms with van der Waals surface area (Å²) in [4.78, 5) is 13.9. The van der Waals surface area contributed by atoms with Crippen LogP contribution in [0.2, 0.25) is 0 Å². The molecule has 0 saturated carbocycles. The second kappa shape index (κ2) is 7.95. The van der Waals surface area contributed by atoms with E-state index < -0.39 is 0 Å². The molecule has 0 unspecified atom stereocenters. The van der Waals surface area contributed by atoms with E-state index in [0.717, 1.165) is 14.8 Å². The van der Waals surface area contributed by atoms with E-state index in [-0.39, 0.29) is 12.5 Å². The second-order valence-corrected chi connectivity index (χ2v) is 5.65. The first kappa shape index (κ1) is 15.7. The number of hydrogen-bond acceptors (Lipinski definition) is 2. The van der Waals surface area contributed by atoms with Crippen LogP contribution in [0, 0.1) is 3.57 Å². The molecule has 1 amide bonds. The number of para-hydroxylation sites is 1. The van der Waals surface area contributed by atoms with Gasteiger partial charge in [-0.05, 0) is 40.3 Å². The molecule has 0 aliphatic carbocycles. The topological polar surface area (TPSA) is 32.3 Å². The number of halogens is 1. The zero-order valence-electron chi connectivity index (χ0n) is 11.6. The maximum Gasteiger partial charge on any atom is 0.245 e. The summed E-state index contributed by atoms with van der Waals surface area (Å²) < 4.78 is 1.02. The molecule has 4 heteroatoms. The molecule has 108 valence electrons. The molecule has 2 aromatic carbocycles. The minimum absolute atomic E-state index is 0.0231. The Morgan fingerprint density at radius 1 is 1.14 bits per heavy atom. The van der Waals surface area contributed by atoms with Gasteiger partial charge in [-0.15, -0.1) is 0 Å². The van der Waals surface area contributed by atoms with Crippen molar-refractivity contribution >= 4 is 34.2 Å². The maximum atomic E-state index is 12.3. The van der Waals surface area contributed by atoms with Gasteiger partial charge in [0.1, 0.15) is 0 Å². The molecule has 21 heavy (non-hydrogen) atoms. The number of carbonyl (C=O) groups excluding carboxylic acids is 1. The summed E-state index contributed by atoms with van der Waals surface area (Å²) in [5.41, 5.74) is 2.02. The Hall–Kier alpha value is -1.66. The quantitative estimate of drug-likeness (QED) is 0.763. The standard InChI is InChI=1S/C17H17IN2O/c1-2-20(16-11-7-6-10-15(16)18)17(21)13-19-12-14-8-4-3-5-9-14/h2-11,19H,1,12-13H2. The van der Waals surface area contributed by atoms with Gasteiger partial charge in [0, 0.05) is 16.3 Å². The first-order valence-corrected chi connectivity index (χ1v) is 7.74. The normalized spacial score (nSPS) is 10.1. The molecule has 0 aliphatic rings. The largest absolute Gasteiger partial charge is 0.304 e. The molecule has 1 N–H and O–H groups in total. The van der Waals surface area contributed by atoms with E-state index in [1.807, 2.05) is 54.6 Å². The summed E-state index contributed by atoms with van der Waals surface area (Å²) in [6.45, 7) is 4.68. The number of anilines is 1. The minimum Gasteiger partial charge on any atom is -0.304 e. The van der Waals surface area contributed by atoms with Crippen molar-refractivity contribution in [3.05, 3.63) is 76.5 Å². The lowest BCUT2D eigenvalue weighted by atomic mass is 10.2. The van der Waals surface area contributed by atoms with E-state index in [9.17, 15) is 4.79 Å². The third-order valence-corrected chi connectivity index (χ3v) is 3.92. The first-order valence-electron chi connectivity index (χ1n) is 6.66. The molecule has 0 spiro atoms. The Morgan fingerprint density at radius 3 is 2.48 bits per heavy atom. The van der Waals surface area contributed by atoms with Crippen molar-refractivity contribution in [1.82, 2.24) is 5.32 Å². The van der Waals surface area contributed by atoms with Crippen molar-refractivity contribution in [2.24, 2.45) is 0 Å². The van der Waals surface area contributed by atoms with Crippen LogP contribution in [0.4, 0.5) is 5.69 Å². The lowest BCUT2D eigenvalue weighted by molar-refractivity contribution is -0.117. The van der Waals surface area contributed by atoms with Crippen LogP contribution < -0.4 is 10.2 Å². The van der Waals surface area contributed by atoms with Crippen molar-refractivity contribution in [2.75, 3.05) is 11.4 Å². The van der Waals surface area contributed by atoms with Gasteiger partial charge in [0.15, 0.2) is 0 Å². The number of nitrogens with zero attached hydrogens (tertiary/aromatic N) is 1. The van der Waals surface area contributed by atoms with Gasteiger partial charge in [0.25, 0.3) is 0 Å². The van der Waals surface area contributed by atoms with Gasteiger partial charge >= 0.3 is 0 Å². The van der Waals surface area contributed by atoms with Crippen LogP contribution >= 0.6 is 22.6 Å². The number of hydrogen-bond donors (Lipinski definition) is 1. The zero-order chi connectivity index (χ0) is 15.1. The monoisotopic (exact) mass is 392 g/mol. The fraction of sp³-hybridized carbons (Fsp3) is 0.118.